The summed E-state index contributed by atoms with van der Waals surface area (Å²) < 4.78 is 16.2. The second-order valence-electron chi connectivity index (χ2n) is 8.25. The molecule has 7 heteroatoms. The number of hydrogen-bond donors (Lipinski definition) is 1. The van der Waals surface area contributed by atoms with Crippen molar-refractivity contribution in [3.05, 3.63) is 75.6 Å². The molecule has 0 fully saturated rings. The first-order chi connectivity index (χ1) is 16.5. The Hall–Kier alpha value is -3.61. The van der Waals surface area contributed by atoms with E-state index in [2.05, 4.69) is 5.32 Å². The number of unbranched alkanes of at least 4 members (excludes halogenated alkanes) is 2. The van der Waals surface area contributed by atoms with Gasteiger partial charge in [-0.05, 0) is 55.0 Å². The molecule has 0 aliphatic carbocycles. The molecule has 0 saturated carbocycles. The predicted octanol–water partition coefficient (Wildman–Crippen LogP) is 5.45. The van der Waals surface area contributed by atoms with E-state index in [1.165, 1.54) is 6.07 Å². The van der Waals surface area contributed by atoms with Crippen LogP contribution >= 0.6 is 0 Å². The molecule has 1 amide bonds. The predicted molar refractivity (Wildman–Crippen MR) is 130 cm³/mol. The minimum atomic E-state index is -0.455. The SMILES string of the molecule is CCCc1cc(=O)oc2cc(C)cc(OC(=O)CCCCCNC(=O)OCc3ccccc3)c12. The summed E-state index contributed by atoms with van der Waals surface area (Å²) in [6.45, 7) is 4.60. The number of benzene rings is 2. The van der Waals surface area contributed by atoms with Crippen LogP contribution in [0.1, 0.15) is 55.7 Å². The van der Waals surface area contributed by atoms with Gasteiger partial charge in [-0.25, -0.2) is 9.59 Å². The van der Waals surface area contributed by atoms with Crippen molar-refractivity contribution < 1.29 is 23.5 Å². The number of fused-ring (bicyclic) bond motifs is 1. The number of carbonyl (C=O) groups excluding carboxylic acids is 2. The van der Waals surface area contributed by atoms with Crippen LogP contribution in [0.3, 0.4) is 0 Å². The van der Waals surface area contributed by atoms with Gasteiger partial charge in [0.2, 0.25) is 0 Å². The smallest absolute Gasteiger partial charge is 0.407 e. The van der Waals surface area contributed by atoms with Crippen LogP contribution in [0, 0.1) is 6.92 Å². The molecule has 3 aromatic rings. The Morgan fingerprint density at radius 1 is 1.03 bits per heavy atom. The number of ether oxygens (including phenoxy) is 2. The lowest BCUT2D eigenvalue weighted by Gasteiger charge is -2.12. The van der Waals surface area contributed by atoms with Gasteiger partial charge in [0.25, 0.3) is 0 Å². The molecule has 1 heterocycles. The van der Waals surface area contributed by atoms with Crippen LogP contribution in [0.4, 0.5) is 4.79 Å². The first-order valence-corrected chi connectivity index (χ1v) is 11.7. The normalized spacial score (nSPS) is 10.8. The molecule has 0 aliphatic rings. The lowest BCUT2D eigenvalue weighted by Crippen LogP contribution is -2.25. The molecule has 0 radical (unpaired) electrons. The summed E-state index contributed by atoms with van der Waals surface area (Å²) in [5.74, 6) is 0.0887. The molecule has 2 aromatic carbocycles. The van der Waals surface area contributed by atoms with Gasteiger partial charge < -0.3 is 19.2 Å². The van der Waals surface area contributed by atoms with Crippen LogP contribution < -0.4 is 15.7 Å². The molecule has 0 bridgehead atoms. The molecule has 7 nitrogen and oxygen atoms in total. The fraction of sp³-hybridized carbons (Fsp3) is 0.370. The van der Waals surface area contributed by atoms with E-state index in [4.69, 9.17) is 13.9 Å². The third-order valence-corrected chi connectivity index (χ3v) is 5.32. The van der Waals surface area contributed by atoms with Crippen molar-refractivity contribution in [2.45, 2.75) is 59.0 Å². The minimum absolute atomic E-state index is 0.232. The van der Waals surface area contributed by atoms with E-state index < -0.39 is 11.7 Å². The highest BCUT2D eigenvalue weighted by molar-refractivity contribution is 5.90. The van der Waals surface area contributed by atoms with Crippen molar-refractivity contribution in [1.82, 2.24) is 5.32 Å². The van der Waals surface area contributed by atoms with Gasteiger partial charge in [0.15, 0.2) is 0 Å². The van der Waals surface area contributed by atoms with E-state index in [9.17, 15) is 14.4 Å². The van der Waals surface area contributed by atoms with Gasteiger partial charge in [0.05, 0.1) is 5.39 Å². The van der Waals surface area contributed by atoms with Crippen molar-refractivity contribution >= 4 is 23.0 Å². The van der Waals surface area contributed by atoms with Gasteiger partial charge in [-0.1, -0.05) is 50.1 Å². The minimum Gasteiger partial charge on any atom is -0.445 e. The summed E-state index contributed by atoms with van der Waals surface area (Å²) in [7, 11) is 0. The molecule has 0 spiro atoms. The Kier molecular flexibility index (Phi) is 9.26. The molecular formula is C27H31NO6. The van der Waals surface area contributed by atoms with Gasteiger partial charge in [-0.3, -0.25) is 4.79 Å². The Morgan fingerprint density at radius 2 is 1.82 bits per heavy atom. The molecule has 0 aliphatic heterocycles. The average molecular weight is 466 g/mol. The molecule has 0 unspecified atom stereocenters. The van der Waals surface area contributed by atoms with Gasteiger partial charge >= 0.3 is 17.7 Å². The summed E-state index contributed by atoms with van der Waals surface area (Å²) in [5.41, 5.74) is 2.63. The maximum absolute atomic E-state index is 12.5. The van der Waals surface area contributed by atoms with Crippen molar-refractivity contribution in [2.75, 3.05) is 6.54 Å². The summed E-state index contributed by atoms with van der Waals surface area (Å²) in [6.07, 6.45) is 3.48. The van der Waals surface area contributed by atoms with Crippen molar-refractivity contribution in [1.29, 1.82) is 0 Å². The van der Waals surface area contributed by atoms with E-state index >= 15 is 0 Å². The third kappa shape index (κ3) is 7.47. The molecule has 0 atom stereocenters. The van der Waals surface area contributed by atoms with Crippen molar-refractivity contribution in [3.63, 3.8) is 0 Å². The fourth-order valence-corrected chi connectivity index (χ4v) is 3.73. The number of carbonyl (C=O) groups is 2. The van der Waals surface area contributed by atoms with Crippen molar-refractivity contribution in [3.8, 4) is 5.75 Å². The zero-order chi connectivity index (χ0) is 24.3. The molecule has 0 saturated heterocycles. The molecule has 1 aromatic heterocycles. The third-order valence-electron chi connectivity index (χ3n) is 5.32. The zero-order valence-corrected chi connectivity index (χ0v) is 19.7. The number of alkyl carbamates (subject to hydrolysis) is 1. The highest BCUT2D eigenvalue weighted by Crippen LogP contribution is 2.31. The number of amides is 1. The van der Waals surface area contributed by atoms with E-state index in [1.807, 2.05) is 44.2 Å². The van der Waals surface area contributed by atoms with E-state index in [0.717, 1.165) is 36.0 Å². The highest BCUT2D eigenvalue weighted by atomic mass is 16.5. The quantitative estimate of drug-likeness (QED) is 0.175. The molecule has 1 N–H and O–H groups in total. The van der Waals surface area contributed by atoms with E-state index in [0.29, 0.717) is 36.1 Å². The maximum atomic E-state index is 12.5. The summed E-state index contributed by atoms with van der Waals surface area (Å²) >= 11 is 0. The maximum Gasteiger partial charge on any atom is 0.407 e. The van der Waals surface area contributed by atoms with Gasteiger partial charge in [-0.2, -0.15) is 0 Å². The molecule has 34 heavy (non-hydrogen) atoms. The van der Waals surface area contributed by atoms with E-state index in [-0.39, 0.29) is 19.0 Å². The topological polar surface area (TPSA) is 94.8 Å². The monoisotopic (exact) mass is 465 g/mol. The fourth-order valence-electron chi connectivity index (χ4n) is 3.73. The molecular weight excluding hydrogens is 434 g/mol. The van der Waals surface area contributed by atoms with Crippen LogP contribution in [0.5, 0.6) is 5.75 Å². The van der Waals surface area contributed by atoms with Gasteiger partial charge in [0, 0.05) is 19.0 Å². The van der Waals surface area contributed by atoms with Gasteiger partial charge in [-0.15, -0.1) is 0 Å². The number of hydrogen-bond acceptors (Lipinski definition) is 6. The molecule has 3 rings (SSSR count). The second kappa shape index (κ2) is 12.6. The van der Waals surface area contributed by atoms with Crippen LogP contribution in [-0.4, -0.2) is 18.6 Å². The lowest BCUT2D eigenvalue weighted by atomic mass is 10.0. The van der Waals surface area contributed by atoms with Crippen LogP contribution in [-0.2, 0) is 22.6 Å². The zero-order valence-electron chi connectivity index (χ0n) is 19.7. The first kappa shape index (κ1) is 25.0. The average Bonchev–Trinajstić information content (AvgIpc) is 2.80. The Labute approximate surface area is 199 Å². The molecule has 180 valence electrons. The number of esters is 1. The number of rotatable bonds is 11. The van der Waals surface area contributed by atoms with Crippen LogP contribution in [0.15, 0.2) is 57.7 Å². The Balaban J connectivity index is 1.43. The number of aryl methyl sites for hydroxylation is 2. The Bertz CT molecular complexity index is 1170. The standard InChI is InChI=1S/C27H31NO6/c1-3-10-21-17-25(30)34-23-16-19(2)15-22(26(21)23)33-24(29)13-8-5-9-14-28-27(31)32-18-20-11-6-4-7-12-20/h4,6-7,11-12,15-17H,3,5,8-10,13-14,18H2,1-2H3,(H,28,31). The lowest BCUT2D eigenvalue weighted by molar-refractivity contribution is -0.134. The van der Waals surface area contributed by atoms with E-state index in [1.54, 1.807) is 12.1 Å². The summed E-state index contributed by atoms with van der Waals surface area (Å²) in [4.78, 5) is 36.1. The Morgan fingerprint density at radius 3 is 2.59 bits per heavy atom. The largest absolute Gasteiger partial charge is 0.445 e. The summed E-state index contributed by atoms with van der Waals surface area (Å²) in [6, 6.07) is 14.5. The van der Waals surface area contributed by atoms with Crippen LogP contribution in [0.25, 0.3) is 11.0 Å². The van der Waals surface area contributed by atoms with Gasteiger partial charge in [0.1, 0.15) is 17.9 Å². The van der Waals surface area contributed by atoms with Crippen molar-refractivity contribution in [2.24, 2.45) is 0 Å². The second-order valence-corrected chi connectivity index (χ2v) is 8.25. The highest BCUT2D eigenvalue weighted by Gasteiger charge is 2.15. The van der Waals surface area contributed by atoms with Crippen LogP contribution in [0.2, 0.25) is 0 Å². The number of nitrogens with one attached hydrogen (secondary N) is 1. The summed E-state index contributed by atoms with van der Waals surface area (Å²) in [5, 5.41) is 3.40. The first-order valence-electron chi connectivity index (χ1n) is 11.7.